The van der Waals surface area contributed by atoms with Crippen molar-refractivity contribution in [2.24, 2.45) is 5.92 Å². The second-order valence-corrected chi connectivity index (χ2v) is 7.19. The first-order chi connectivity index (χ1) is 20.5. The maximum absolute atomic E-state index is 14.2. The Bertz CT molecular complexity index is 1330. The zero-order valence-electron chi connectivity index (χ0n) is 31.1. The van der Waals surface area contributed by atoms with Crippen LogP contribution in [0.5, 0.6) is 5.75 Å². The van der Waals surface area contributed by atoms with Gasteiger partial charge in [0.25, 0.3) is 0 Å². The summed E-state index contributed by atoms with van der Waals surface area (Å²) in [6.07, 6.45) is 0.912. The number of urea groups is 1. The molecule has 1 fully saturated rings. The first-order valence-electron chi connectivity index (χ1n) is 16.8. The van der Waals surface area contributed by atoms with Crippen molar-refractivity contribution in [3.05, 3.63) is 65.4 Å². The normalized spacial score (nSPS) is 23.5. The van der Waals surface area contributed by atoms with Gasteiger partial charge >= 0.3 is 6.03 Å². The summed E-state index contributed by atoms with van der Waals surface area (Å²) in [7, 11) is 1.88. The van der Waals surface area contributed by atoms with Crippen molar-refractivity contribution in [3.63, 3.8) is 0 Å². The van der Waals surface area contributed by atoms with Crippen LogP contribution in [0, 0.1) is 11.7 Å². The average molecular weight is 442 g/mol. The van der Waals surface area contributed by atoms with Gasteiger partial charge < -0.3 is 19.9 Å². The third-order valence-electron chi connectivity index (χ3n) is 4.83. The molecule has 2 amide bonds. The Labute approximate surface area is 204 Å². The number of rotatable bonds is 8. The van der Waals surface area contributed by atoms with Crippen molar-refractivity contribution >= 4 is 6.03 Å². The van der Waals surface area contributed by atoms with Crippen LogP contribution in [0.3, 0.4) is 0 Å². The summed E-state index contributed by atoms with van der Waals surface area (Å²) in [5, 5.41) is 2.26. The van der Waals surface area contributed by atoms with Crippen molar-refractivity contribution in [1.82, 2.24) is 15.1 Å². The van der Waals surface area contributed by atoms with Crippen LogP contribution in [0.25, 0.3) is 0 Å². The summed E-state index contributed by atoms with van der Waals surface area (Å²) >= 11 is 0. The van der Waals surface area contributed by atoms with Crippen molar-refractivity contribution in [1.29, 1.82) is 0 Å². The van der Waals surface area contributed by atoms with E-state index in [1.165, 1.54) is 4.90 Å². The monoisotopic (exact) mass is 441 g/mol. The fraction of sp³-hybridized carbons (Fsp3) is 0.480. The predicted octanol–water partition coefficient (Wildman–Crippen LogP) is 4.67. The molecule has 0 aromatic heterocycles. The summed E-state index contributed by atoms with van der Waals surface area (Å²) in [6.45, 7) is -11.5. The number of hydrogen-bond donors (Lipinski definition) is 1. The minimum absolute atomic E-state index is 0.138. The van der Waals surface area contributed by atoms with E-state index >= 15 is 0 Å². The Hall–Kier alpha value is -2.60. The number of nitrogens with zero attached hydrogens (tertiary/aromatic N) is 2. The SMILES string of the molecule is [2H]c1c([2H])c(CN(C(=O)NC([2H])([2H])c2ccc(OC([2H])([2H])C(C([2H])([2H])[2H])C([2H])([2H])[2H])cc2)C2CCN(C)CC2)c([2H])c([2H])c1F. The topological polar surface area (TPSA) is 44.8 Å². The van der Waals surface area contributed by atoms with Gasteiger partial charge in [-0.15, -0.1) is 0 Å². The highest BCUT2D eigenvalue weighted by atomic mass is 19.1. The molecule has 0 saturated carbocycles. The highest BCUT2D eigenvalue weighted by molar-refractivity contribution is 5.74. The van der Waals surface area contributed by atoms with Gasteiger partial charge in [0, 0.05) is 27.3 Å². The largest absolute Gasteiger partial charge is 0.493 e. The molecule has 6 heteroatoms. The molecule has 0 unspecified atom stereocenters. The van der Waals surface area contributed by atoms with Crippen LogP contribution >= 0.6 is 0 Å². The zero-order valence-corrected chi connectivity index (χ0v) is 17.1. The van der Waals surface area contributed by atoms with E-state index in [-0.39, 0.29) is 16.9 Å². The smallest absolute Gasteiger partial charge is 0.318 e. The highest BCUT2D eigenvalue weighted by Crippen LogP contribution is 2.19. The van der Waals surface area contributed by atoms with Crippen molar-refractivity contribution in [2.75, 3.05) is 26.7 Å². The molecule has 0 spiro atoms. The quantitative estimate of drug-likeness (QED) is 0.648. The molecule has 1 heterocycles. The van der Waals surface area contributed by atoms with Gasteiger partial charge in [0.1, 0.15) is 11.6 Å². The molecule has 0 atom stereocenters. The zero-order chi connectivity index (χ0) is 34.3. The maximum Gasteiger partial charge on any atom is 0.318 e. The van der Waals surface area contributed by atoms with E-state index < -0.39 is 81.3 Å². The van der Waals surface area contributed by atoms with E-state index in [4.69, 9.17) is 23.9 Å². The van der Waals surface area contributed by atoms with Gasteiger partial charge in [-0.1, -0.05) is 37.9 Å². The molecule has 1 aliphatic rings. The van der Waals surface area contributed by atoms with Gasteiger partial charge in [-0.3, -0.25) is 0 Å². The number of carbonyl (C=O) groups is 1. The molecule has 168 valence electrons. The van der Waals surface area contributed by atoms with Crippen LogP contribution in [0.15, 0.2) is 48.4 Å². The summed E-state index contributed by atoms with van der Waals surface area (Å²) in [4.78, 5) is 16.8. The lowest BCUT2D eigenvalue weighted by molar-refractivity contribution is 0.127. The number of halogens is 1. The lowest BCUT2D eigenvalue weighted by Gasteiger charge is -2.37. The Kier molecular flexibility index (Phi) is 3.89. The fourth-order valence-electron chi connectivity index (χ4n) is 3.18. The highest BCUT2D eigenvalue weighted by Gasteiger charge is 2.27. The average Bonchev–Trinajstić information content (AvgIpc) is 2.89. The first-order valence-corrected chi connectivity index (χ1v) is 9.79. The van der Waals surface area contributed by atoms with E-state index in [1.54, 1.807) is 0 Å². The lowest BCUT2D eigenvalue weighted by atomic mass is 10.0. The third-order valence-corrected chi connectivity index (χ3v) is 4.83. The van der Waals surface area contributed by atoms with Crippen LogP contribution in [0.1, 0.15) is 56.9 Å². The molecule has 31 heavy (non-hydrogen) atoms. The predicted molar refractivity (Wildman–Crippen MR) is 121 cm³/mol. The van der Waals surface area contributed by atoms with E-state index in [9.17, 15) is 9.18 Å². The standard InChI is InChI=1S/C25H34FN3O2/c1-19(2)18-31-24-10-6-20(7-11-24)16-27-25(30)29(23-12-14-28(3)15-13-23)17-21-4-8-22(26)9-5-21/h4-11,19,23H,12-18H2,1-3H3,(H,27,30)/i1D3,2D3,4D,5D,8D,9D,16D2,18D2. The third kappa shape index (κ3) is 7.24. The molecule has 2 aromatic carbocycles. The molecule has 3 rings (SSSR count). The van der Waals surface area contributed by atoms with Crippen molar-refractivity contribution in [2.45, 2.75) is 45.6 Å². The van der Waals surface area contributed by atoms with Crippen LogP contribution in [-0.4, -0.2) is 48.6 Å². The number of likely N-dealkylation sites (tertiary alicyclic amines) is 1. The van der Waals surface area contributed by atoms with Crippen molar-refractivity contribution < 1.29 is 33.1 Å². The van der Waals surface area contributed by atoms with Crippen LogP contribution in [0.4, 0.5) is 9.18 Å². The molecular weight excluding hydrogens is 393 g/mol. The molecule has 1 aliphatic heterocycles. The summed E-state index contributed by atoms with van der Waals surface area (Å²) in [6, 6.07) is -0.0651. The maximum atomic E-state index is 14.2. The van der Waals surface area contributed by atoms with Crippen LogP contribution in [-0.2, 0) is 13.0 Å². The lowest BCUT2D eigenvalue weighted by Crippen LogP contribution is -2.49. The summed E-state index contributed by atoms with van der Waals surface area (Å²) in [5.74, 6) is -4.11. The molecule has 1 N–H and O–H groups in total. The van der Waals surface area contributed by atoms with E-state index in [0.29, 0.717) is 25.9 Å². The summed E-state index contributed by atoms with van der Waals surface area (Å²) in [5.41, 5.74) is -0.370. The number of amides is 2. The van der Waals surface area contributed by atoms with Gasteiger partial charge in [0.05, 0.1) is 17.5 Å². The number of benzene rings is 2. The molecule has 0 bridgehead atoms. The first kappa shape index (κ1) is 10.8. The van der Waals surface area contributed by atoms with Crippen LogP contribution in [0.2, 0.25) is 0 Å². The number of hydrogen-bond acceptors (Lipinski definition) is 3. The van der Waals surface area contributed by atoms with E-state index in [1.807, 2.05) is 11.9 Å². The van der Waals surface area contributed by atoms with E-state index in [2.05, 4.69) is 5.32 Å². The van der Waals surface area contributed by atoms with Gasteiger partial charge in [0.2, 0.25) is 0 Å². The number of nitrogens with one attached hydrogen (secondary N) is 1. The van der Waals surface area contributed by atoms with Crippen molar-refractivity contribution in [3.8, 4) is 5.75 Å². The Morgan fingerprint density at radius 2 is 1.94 bits per heavy atom. The number of carbonyl (C=O) groups excluding carboxylic acids is 1. The van der Waals surface area contributed by atoms with Gasteiger partial charge in [-0.05, 0) is 74.2 Å². The molecular formula is C25H34FN3O2. The summed E-state index contributed by atoms with van der Waals surface area (Å²) < 4.78 is 129. The van der Waals surface area contributed by atoms with E-state index in [0.717, 1.165) is 24.3 Å². The molecule has 0 aliphatic carbocycles. The van der Waals surface area contributed by atoms with Gasteiger partial charge in [-0.2, -0.15) is 0 Å². The van der Waals surface area contributed by atoms with Gasteiger partial charge in [-0.25, -0.2) is 9.18 Å². The van der Waals surface area contributed by atoms with Crippen LogP contribution < -0.4 is 10.1 Å². The second-order valence-electron chi connectivity index (χ2n) is 7.19. The minimum atomic E-state index is -3.23. The molecule has 0 radical (unpaired) electrons. The number of piperidine rings is 1. The molecule has 2 aromatic rings. The fourth-order valence-corrected chi connectivity index (χ4v) is 3.18. The Morgan fingerprint density at radius 1 is 1.26 bits per heavy atom. The minimum Gasteiger partial charge on any atom is -0.493 e. The molecule has 1 saturated heterocycles. The Morgan fingerprint density at radius 3 is 2.58 bits per heavy atom. The number of ether oxygens (including phenoxy) is 1. The Balaban J connectivity index is 1.87. The molecule has 5 nitrogen and oxygen atoms in total. The second kappa shape index (κ2) is 11.1. The van der Waals surface area contributed by atoms with Gasteiger partial charge in [0.15, 0.2) is 0 Å².